The van der Waals surface area contributed by atoms with Crippen molar-refractivity contribution in [3.63, 3.8) is 0 Å². The van der Waals surface area contributed by atoms with E-state index in [4.69, 9.17) is 9.26 Å². The minimum absolute atomic E-state index is 0.0516. The Morgan fingerprint density at radius 2 is 1.87 bits per heavy atom. The van der Waals surface area contributed by atoms with Crippen molar-refractivity contribution in [1.82, 2.24) is 5.16 Å². The Hall–Kier alpha value is -2.90. The minimum Gasteiger partial charge on any atom is -0.493 e. The van der Waals surface area contributed by atoms with Crippen molar-refractivity contribution in [3.8, 4) is 17.0 Å². The molecule has 0 radical (unpaired) electrons. The summed E-state index contributed by atoms with van der Waals surface area (Å²) in [5.74, 6) is -1.80. The van der Waals surface area contributed by atoms with Crippen LogP contribution in [0.15, 0.2) is 47.0 Å². The molecule has 0 bridgehead atoms. The smallest absolute Gasteiger partial charge is 0.416 e. The molecule has 3 aromatic rings. The summed E-state index contributed by atoms with van der Waals surface area (Å²) < 4.78 is 77.4. The summed E-state index contributed by atoms with van der Waals surface area (Å²) in [5.41, 5.74) is 0.0403. The summed E-state index contributed by atoms with van der Waals surface area (Å²) >= 11 is 0. The van der Waals surface area contributed by atoms with Gasteiger partial charge in [-0.3, -0.25) is 0 Å². The van der Waals surface area contributed by atoms with Crippen LogP contribution >= 0.6 is 0 Å². The van der Waals surface area contributed by atoms with Crippen LogP contribution in [-0.2, 0) is 12.6 Å². The molecular formula is C22H20F5NO2. The molecular weight excluding hydrogens is 405 g/mol. The zero-order chi connectivity index (χ0) is 21.9. The summed E-state index contributed by atoms with van der Waals surface area (Å²) in [5, 5.41) is 3.93. The second-order valence-corrected chi connectivity index (χ2v) is 6.98. The highest BCUT2D eigenvalue weighted by atomic mass is 19.4. The molecule has 0 aliphatic rings. The molecule has 1 atom stereocenters. The average molecular weight is 425 g/mol. The molecule has 3 nitrogen and oxygen atoms in total. The third-order valence-electron chi connectivity index (χ3n) is 4.63. The molecule has 0 fully saturated rings. The van der Waals surface area contributed by atoms with Crippen LogP contribution in [0.5, 0.6) is 5.75 Å². The van der Waals surface area contributed by atoms with E-state index in [9.17, 15) is 22.0 Å². The normalized spacial score (nSPS) is 12.8. The van der Waals surface area contributed by atoms with Gasteiger partial charge in [0.15, 0.2) is 11.6 Å². The number of rotatable bonds is 7. The van der Waals surface area contributed by atoms with Gasteiger partial charge in [-0.25, -0.2) is 8.78 Å². The van der Waals surface area contributed by atoms with E-state index in [0.29, 0.717) is 23.4 Å². The molecule has 1 aromatic heterocycles. The van der Waals surface area contributed by atoms with Crippen LogP contribution in [0.2, 0.25) is 0 Å². The van der Waals surface area contributed by atoms with Crippen molar-refractivity contribution in [1.29, 1.82) is 0 Å². The monoisotopic (exact) mass is 425 g/mol. The molecule has 1 unspecified atom stereocenters. The van der Waals surface area contributed by atoms with Gasteiger partial charge in [-0.2, -0.15) is 13.2 Å². The number of nitrogens with zero attached hydrogens (tertiary/aromatic N) is 1. The summed E-state index contributed by atoms with van der Waals surface area (Å²) in [6.45, 7) is 3.80. The third-order valence-corrected chi connectivity index (χ3v) is 4.63. The van der Waals surface area contributed by atoms with E-state index in [1.807, 2.05) is 6.92 Å². The molecule has 0 saturated carbocycles. The van der Waals surface area contributed by atoms with Crippen LogP contribution in [0.4, 0.5) is 22.0 Å². The Morgan fingerprint density at radius 1 is 1.10 bits per heavy atom. The van der Waals surface area contributed by atoms with Gasteiger partial charge in [-0.05, 0) is 42.2 Å². The van der Waals surface area contributed by atoms with Gasteiger partial charge >= 0.3 is 6.18 Å². The van der Waals surface area contributed by atoms with Crippen LogP contribution in [0.3, 0.4) is 0 Å². The highest BCUT2D eigenvalue weighted by Crippen LogP contribution is 2.37. The van der Waals surface area contributed by atoms with Crippen LogP contribution in [0, 0.1) is 11.6 Å². The van der Waals surface area contributed by atoms with Crippen LogP contribution in [-0.4, -0.2) is 11.8 Å². The van der Waals surface area contributed by atoms with Crippen molar-refractivity contribution in [2.24, 2.45) is 0 Å². The quantitative estimate of drug-likeness (QED) is 0.392. The highest BCUT2D eigenvalue weighted by Gasteiger charge is 2.31. The van der Waals surface area contributed by atoms with Gasteiger partial charge in [0.2, 0.25) is 0 Å². The summed E-state index contributed by atoms with van der Waals surface area (Å²) in [7, 11) is 0. The van der Waals surface area contributed by atoms with E-state index >= 15 is 0 Å². The van der Waals surface area contributed by atoms with E-state index in [1.54, 1.807) is 13.0 Å². The van der Waals surface area contributed by atoms with Gasteiger partial charge in [0.1, 0.15) is 17.2 Å². The topological polar surface area (TPSA) is 35.3 Å². The Bertz CT molecular complexity index is 1010. The lowest BCUT2D eigenvalue weighted by atomic mass is 9.95. The maximum Gasteiger partial charge on any atom is 0.416 e. The maximum atomic E-state index is 14.0. The summed E-state index contributed by atoms with van der Waals surface area (Å²) in [6.07, 6.45) is -3.64. The van der Waals surface area contributed by atoms with Gasteiger partial charge in [0, 0.05) is 18.1 Å². The fraction of sp³-hybridized carbons (Fsp3) is 0.318. The van der Waals surface area contributed by atoms with Crippen molar-refractivity contribution in [2.45, 2.75) is 38.8 Å². The summed E-state index contributed by atoms with van der Waals surface area (Å²) in [6, 6.07) is 8.70. The van der Waals surface area contributed by atoms with E-state index in [2.05, 4.69) is 5.16 Å². The lowest BCUT2D eigenvalue weighted by Gasteiger charge is -2.13. The molecule has 0 saturated heterocycles. The lowest BCUT2D eigenvalue weighted by Crippen LogP contribution is -2.06. The first-order valence-electron chi connectivity index (χ1n) is 9.44. The van der Waals surface area contributed by atoms with E-state index < -0.39 is 29.3 Å². The number of ether oxygens (including phenoxy) is 1. The number of hydrogen-bond donors (Lipinski definition) is 0. The molecule has 8 heteroatoms. The fourth-order valence-corrected chi connectivity index (χ4v) is 3.09. The van der Waals surface area contributed by atoms with E-state index in [1.165, 1.54) is 18.2 Å². The Balaban J connectivity index is 1.87. The Morgan fingerprint density at radius 3 is 2.57 bits per heavy atom. The Labute approximate surface area is 170 Å². The zero-order valence-electron chi connectivity index (χ0n) is 16.4. The van der Waals surface area contributed by atoms with Crippen molar-refractivity contribution in [2.75, 3.05) is 6.61 Å². The van der Waals surface area contributed by atoms with Crippen LogP contribution in [0.25, 0.3) is 11.3 Å². The molecule has 0 aliphatic carbocycles. The second-order valence-electron chi connectivity index (χ2n) is 6.98. The summed E-state index contributed by atoms with van der Waals surface area (Å²) in [4.78, 5) is 0. The lowest BCUT2D eigenvalue weighted by molar-refractivity contribution is -0.137. The first-order chi connectivity index (χ1) is 14.2. The number of aromatic nitrogens is 1. The first kappa shape index (κ1) is 21.8. The molecule has 2 aromatic carbocycles. The predicted octanol–water partition coefficient (Wildman–Crippen LogP) is 6.77. The molecule has 160 valence electrons. The van der Waals surface area contributed by atoms with Gasteiger partial charge < -0.3 is 9.26 Å². The molecule has 0 amide bonds. The minimum atomic E-state index is -4.50. The van der Waals surface area contributed by atoms with E-state index in [-0.39, 0.29) is 24.3 Å². The van der Waals surface area contributed by atoms with Gasteiger partial charge in [-0.1, -0.05) is 31.1 Å². The zero-order valence-corrected chi connectivity index (χ0v) is 16.4. The standard InChI is InChI=1S/C22H20F5NO2/c1-3-9-29-20-11-14(22(25,26)27)7-8-17(20)19-12-15(30-28-19)10-13(2)16-5-4-6-18(23)21(16)24/h4-8,11-13H,3,9-10H2,1-2H3. The van der Waals surface area contributed by atoms with Crippen molar-refractivity contribution >= 4 is 0 Å². The van der Waals surface area contributed by atoms with Gasteiger partial charge in [0.25, 0.3) is 0 Å². The SMILES string of the molecule is CCCOc1cc(C(F)(F)F)ccc1-c1cc(CC(C)c2cccc(F)c2F)on1. The highest BCUT2D eigenvalue weighted by molar-refractivity contribution is 5.68. The molecule has 0 aliphatic heterocycles. The van der Waals surface area contributed by atoms with Gasteiger partial charge in [0.05, 0.1) is 12.2 Å². The molecule has 0 spiro atoms. The average Bonchev–Trinajstić information content (AvgIpc) is 3.15. The van der Waals surface area contributed by atoms with Gasteiger partial charge in [-0.15, -0.1) is 0 Å². The molecule has 1 heterocycles. The maximum absolute atomic E-state index is 14.0. The molecule has 0 N–H and O–H groups in total. The first-order valence-corrected chi connectivity index (χ1v) is 9.44. The van der Waals surface area contributed by atoms with Crippen molar-refractivity contribution in [3.05, 3.63) is 71.0 Å². The van der Waals surface area contributed by atoms with Crippen LogP contribution in [0.1, 0.15) is 43.1 Å². The van der Waals surface area contributed by atoms with Crippen LogP contribution < -0.4 is 4.74 Å². The molecule has 30 heavy (non-hydrogen) atoms. The number of alkyl halides is 3. The number of hydrogen-bond acceptors (Lipinski definition) is 3. The van der Waals surface area contributed by atoms with Crippen molar-refractivity contribution < 1.29 is 31.2 Å². The molecule has 3 rings (SSSR count). The third kappa shape index (κ3) is 4.80. The fourth-order valence-electron chi connectivity index (χ4n) is 3.09. The van der Waals surface area contributed by atoms with E-state index in [0.717, 1.165) is 18.2 Å². The number of benzene rings is 2. The predicted molar refractivity (Wildman–Crippen MR) is 101 cm³/mol. The second kappa shape index (κ2) is 8.85. The Kier molecular flexibility index (Phi) is 6.43. The number of halogens is 5. The largest absolute Gasteiger partial charge is 0.493 e.